The second-order valence-electron chi connectivity index (χ2n) is 4.95. The van der Waals surface area contributed by atoms with Gasteiger partial charge in [-0.25, -0.2) is 0 Å². The normalized spacial score (nSPS) is 21.2. The van der Waals surface area contributed by atoms with Crippen molar-refractivity contribution in [1.29, 1.82) is 0 Å². The highest BCUT2D eigenvalue weighted by Crippen LogP contribution is 2.09. The molecule has 2 nitrogen and oxygen atoms in total. The summed E-state index contributed by atoms with van der Waals surface area (Å²) in [5, 5.41) is 0. The van der Waals surface area contributed by atoms with Crippen LogP contribution in [0.15, 0.2) is 0 Å². The number of hydrogen-bond acceptors (Lipinski definition) is 2. The maximum atomic E-state index is 7.26. The largest absolute Gasteiger partial charge is 0.304 e. The van der Waals surface area contributed by atoms with E-state index in [0.717, 1.165) is 32.7 Å². The molecule has 0 bridgehead atoms. The Morgan fingerprint density at radius 1 is 1.21 bits per heavy atom. The van der Waals surface area contributed by atoms with Crippen LogP contribution >= 0.6 is 0 Å². The summed E-state index contributed by atoms with van der Waals surface area (Å²) in [6.07, 6.45) is 0. The predicted octanol–water partition coefficient (Wildman–Crippen LogP) is 1.28. The van der Waals surface area contributed by atoms with E-state index >= 15 is 0 Å². The monoisotopic (exact) mass is 196 g/mol. The Kier molecular flexibility index (Phi) is 3.44. The van der Waals surface area contributed by atoms with E-state index in [2.05, 4.69) is 42.4 Å². The van der Waals surface area contributed by atoms with Gasteiger partial charge in [0.1, 0.15) is 0 Å². The fourth-order valence-electron chi connectivity index (χ4n) is 1.36. The molecule has 2 heteroatoms. The molecule has 0 aromatic heterocycles. The van der Waals surface area contributed by atoms with E-state index in [1.54, 1.807) is 0 Å². The molecule has 0 amide bonds. The topological polar surface area (TPSA) is 6.48 Å². The van der Waals surface area contributed by atoms with E-state index in [0.29, 0.717) is 7.02 Å². The number of hydrogen-bond donors (Lipinski definition) is 0. The van der Waals surface area contributed by atoms with Crippen molar-refractivity contribution in [2.45, 2.75) is 20.8 Å². The summed E-state index contributed by atoms with van der Waals surface area (Å²) >= 11 is 0. The smallest absolute Gasteiger partial charge is 0.0602 e. The lowest BCUT2D eigenvalue weighted by molar-refractivity contribution is 0.168. The van der Waals surface area contributed by atoms with E-state index in [1.165, 1.54) is 0 Å². The molecule has 1 heterocycles. The molecule has 80 valence electrons. The molecule has 1 aliphatic heterocycles. The SMILES string of the molecule is [3H]CN1CCN(CC#CC(C)(C)C)CC1. The van der Waals surface area contributed by atoms with Gasteiger partial charge < -0.3 is 4.90 Å². The van der Waals surface area contributed by atoms with Crippen LogP contribution in [0.3, 0.4) is 0 Å². The molecule has 1 saturated heterocycles. The van der Waals surface area contributed by atoms with Crippen LogP contribution in [0, 0.1) is 17.3 Å². The van der Waals surface area contributed by atoms with E-state index in [4.69, 9.17) is 1.37 Å². The maximum Gasteiger partial charge on any atom is 0.0602 e. The molecule has 0 N–H and O–H groups in total. The maximum absolute atomic E-state index is 7.26. The number of nitrogens with zero attached hydrogens (tertiary/aromatic N) is 2. The molecule has 0 spiro atoms. The van der Waals surface area contributed by atoms with Crippen molar-refractivity contribution in [3.05, 3.63) is 0 Å². The molecule has 1 fully saturated rings. The van der Waals surface area contributed by atoms with Gasteiger partial charge in [0.05, 0.1) is 6.54 Å². The predicted molar refractivity (Wildman–Crippen MR) is 61.2 cm³/mol. The summed E-state index contributed by atoms with van der Waals surface area (Å²) in [7, 11) is 0.432. The minimum absolute atomic E-state index is 0.114. The molecule has 0 atom stereocenters. The zero-order valence-electron chi connectivity index (χ0n) is 10.6. The molecular formula is C12H22N2. The summed E-state index contributed by atoms with van der Waals surface area (Å²) in [6.45, 7) is 11.4. The number of likely N-dealkylation sites (N-methyl/N-ethyl adjacent to an activating group) is 1. The minimum Gasteiger partial charge on any atom is -0.304 e. The van der Waals surface area contributed by atoms with Crippen molar-refractivity contribution in [3.8, 4) is 11.8 Å². The van der Waals surface area contributed by atoms with Crippen LogP contribution in [0.2, 0.25) is 0 Å². The Morgan fingerprint density at radius 2 is 1.86 bits per heavy atom. The van der Waals surface area contributed by atoms with Crippen molar-refractivity contribution in [1.82, 2.24) is 9.80 Å². The van der Waals surface area contributed by atoms with Gasteiger partial charge in [-0.2, -0.15) is 0 Å². The Hall–Kier alpha value is -0.520. The van der Waals surface area contributed by atoms with Gasteiger partial charge in [-0.3, -0.25) is 4.90 Å². The quantitative estimate of drug-likeness (QED) is 0.583. The van der Waals surface area contributed by atoms with Crippen LogP contribution in [0.1, 0.15) is 22.1 Å². The zero-order valence-corrected chi connectivity index (χ0v) is 9.64. The van der Waals surface area contributed by atoms with Gasteiger partial charge in [0.2, 0.25) is 0 Å². The van der Waals surface area contributed by atoms with E-state index in [1.807, 2.05) is 0 Å². The average molecular weight is 196 g/mol. The average Bonchev–Trinajstić information content (AvgIpc) is 2.17. The third kappa shape index (κ3) is 4.64. The van der Waals surface area contributed by atoms with E-state index in [9.17, 15) is 0 Å². The standard InChI is InChI=1S/C12H22N2/c1-12(2,3)6-5-7-14-10-8-13(4)9-11-14/h7-11H2,1-4H3/i4T. The highest BCUT2D eigenvalue weighted by molar-refractivity contribution is 5.08. The molecule has 0 aromatic carbocycles. The van der Waals surface area contributed by atoms with Crippen LogP contribution in [-0.2, 0) is 0 Å². The highest BCUT2D eigenvalue weighted by atomic mass is 15.2. The van der Waals surface area contributed by atoms with Crippen molar-refractivity contribution in [2.75, 3.05) is 39.7 Å². The third-order valence-corrected chi connectivity index (χ3v) is 2.23. The molecule has 0 saturated carbocycles. The van der Waals surface area contributed by atoms with Crippen LogP contribution in [0.4, 0.5) is 0 Å². The van der Waals surface area contributed by atoms with Crippen molar-refractivity contribution in [3.63, 3.8) is 0 Å². The minimum atomic E-state index is 0.114. The van der Waals surface area contributed by atoms with Crippen molar-refractivity contribution >= 4 is 0 Å². The fraction of sp³-hybridized carbons (Fsp3) is 0.833. The Balaban J connectivity index is 2.26. The Bertz CT molecular complexity index is 239. The second-order valence-corrected chi connectivity index (χ2v) is 4.95. The fourth-order valence-corrected chi connectivity index (χ4v) is 1.36. The van der Waals surface area contributed by atoms with E-state index < -0.39 is 0 Å². The summed E-state index contributed by atoms with van der Waals surface area (Å²) in [4.78, 5) is 4.53. The van der Waals surface area contributed by atoms with Gasteiger partial charge >= 0.3 is 0 Å². The Morgan fingerprint density at radius 3 is 2.36 bits per heavy atom. The van der Waals surface area contributed by atoms with Gasteiger partial charge in [0.15, 0.2) is 0 Å². The first-order valence-corrected chi connectivity index (χ1v) is 5.25. The molecule has 0 unspecified atom stereocenters. The summed E-state index contributed by atoms with van der Waals surface area (Å²) in [6, 6.07) is 0. The zero-order chi connectivity index (χ0) is 11.3. The van der Waals surface area contributed by atoms with Gasteiger partial charge in [0.25, 0.3) is 0 Å². The summed E-state index contributed by atoms with van der Waals surface area (Å²) in [5.41, 5.74) is 0.114. The summed E-state index contributed by atoms with van der Waals surface area (Å²) < 4.78 is 7.26. The van der Waals surface area contributed by atoms with Gasteiger partial charge in [-0.15, -0.1) is 0 Å². The van der Waals surface area contributed by atoms with Crippen LogP contribution in [0.5, 0.6) is 0 Å². The van der Waals surface area contributed by atoms with Crippen molar-refractivity contribution in [2.24, 2.45) is 5.41 Å². The first-order valence-electron chi connectivity index (χ1n) is 5.96. The lowest BCUT2D eigenvalue weighted by atomic mass is 9.98. The van der Waals surface area contributed by atoms with Crippen molar-refractivity contribution < 1.29 is 1.37 Å². The van der Waals surface area contributed by atoms with Gasteiger partial charge in [0, 0.05) is 33.0 Å². The highest BCUT2D eigenvalue weighted by Gasteiger charge is 2.12. The van der Waals surface area contributed by atoms with Gasteiger partial charge in [-0.05, 0) is 27.8 Å². The molecule has 0 radical (unpaired) electrons. The third-order valence-electron chi connectivity index (χ3n) is 2.23. The van der Waals surface area contributed by atoms with Gasteiger partial charge in [-0.1, -0.05) is 11.8 Å². The lowest BCUT2D eigenvalue weighted by Gasteiger charge is -2.30. The second kappa shape index (κ2) is 4.82. The molecular weight excluding hydrogens is 172 g/mol. The first-order chi connectivity index (χ1) is 7.01. The molecule has 14 heavy (non-hydrogen) atoms. The van der Waals surface area contributed by atoms with E-state index in [-0.39, 0.29) is 5.41 Å². The lowest BCUT2D eigenvalue weighted by Crippen LogP contribution is -2.44. The Labute approximate surface area is 89.7 Å². The van der Waals surface area contributed by atoms with Crippen LogP contribution in [0.25, 0.3) is 0 Å². The number of rotatable bonds is 1. The molecule has 1 aliphatic rings. The first kappa shape index (κ1) is 10.0. The number of piperazine rings is 1. The molecule has 0 aromatic rings. The molecule has 1 rings (SSSR count). The molecule has 0 aliphatic carbocycles. The van der Waals surface area contributed by atoms with Crippen LogP contribution in [-0.4, -0.2) is 49.5 Å². The van der Waals surface area contributed by atoms with Crippen LogP contribution < -0.4 is 0 Å². The summed E-state index contributed by atoms with van der Waals surface area (Å²) in [5.74, 6) is 6.49.